The van der Waals surface area contributed by atoms with Crippen LogP contribution in [-0.2, 0) is 0 Å². The van der Waals surface area contributed by atoms with Crippen molar-refractivity contribution in [2.45, 2.75) is 39.8 Å². The van der Waals surface area contributed by atoms with Crippen LogP contribution >= 0.6 is 0 Å². The molecule has 118 valence electrons. The second kappa shape index (κ2) is 6.87. The maximum absolute atomic E-state index is 2.28. The Balaban J connectivity index is 2.18. The summed E-state index contributed by atoms with van der Waals surface area (Å²) in [6, 6.07) is 18.6. The molecule has 0 aliphatic heterocycles. The minimum absolute atomic E-state index is 0.511. The van der Waals surface area contributed by atoms with Gasteiger partial charge in [-0.3, -0.25) is 0 Å². The van der Waals surface area contributed by atoms with Crippen molar-refractivity contribution in [2.75, 3.05) is 23.9 Å². The molecule has 0 aliphatic rings. The van der Waals surface area contributed by atoms with E-state index in [1.807, 2.05) is 0 Å². The van der Waals surface area contributed by atoms with E-state index in [1.165, 1.54) is 22.5 Å². The van der Waals surface area contributed by atoms with Crippen molar-refractivity contribution in [3.8, 4) is 11.1 Å². The van der Waals surface area contributed by atoms with Gasteiger partial charge in [0.1, 0.15) is 0 Å². The average molecular weight is 296 g/mol. The molecule has 0 N–H and O–H groups in total. The van der Waals surface area contributed by atoms with Crippen molar-refractivity contribution in [3.63, 3.8) is 0 Å². The minimum Gasteiger partial charge on any atom is -0.372 e. The van der Waals surface area contributed by atoms with Gasteiger partial charge in [-0.2, -0.15) is 0 Å². The van der Waals surface area contributed by atoms with E-state index < -0.39 is 0 Å². The predicted molar refractivity (Wildman–Crippen MR) is 99.0 cm³/mol. The van der Waals surface area contributed by atoms with E-state index in [1.54, 1.807) is 0 Å². The van der Waals surface area contributed by atoms with Crippen LogP contribution in [0.25, 0.3) is 11.1 Å². The summed E-state index contributed by atoms with van der Waals surface area (Å²) in [6.45, 7) is 8.82. The van der Waals surface area contributed by atoms with Crippen LogP contribution in [0.5, 0.6) is 0 Å². The van der Waals surface area contributed by atoms with Crippen molar-refractivity contribution < 1.29 is 0 Å². The summed E-state index contributed by atoms with van der Waals surface area (Å²) < 4.78 is 0. The Morgan fingerprint density at radius 2 is 0.818 bits per heavy atom. The molecule has 2 rings (SSSR count). The zero-order chi connectivity index (χ0) is 16.3. The zero-order valence-corrected chi connectivity index (χ0v) is 14.7. The molecular formula is C20H28N2. The molecule has 0 saturated carbocycles. The Morgan fingerprint density at radius 3 is 1.05 bits per heavy atom. The molecule has 0 aliphatic carbocycles. The molecular weight excluding hydrogens is 268 g/mol. The summed E-state index contributed by atoms with van der Waals surface area (Å²) in [5, 5.41) is 0. The van der Waals surface area contributed by atoms with Crippen LogP contribution in [0, 0.1) is 0 Å². The molecule has 2 nitrogen and oxygen atoms in total. The number of benzene rings is 2. The van der Waals surface area contributed by atoms with E-state index in [0.29, 0.717) is 12.1 Å². The minimum atomic E-state index is 0.511. The van der Waals surface area contributed by atoms with Crippen molar-refractivity contribution in [1.29, 1.82) is 0 Å². The van der Waals surface area contributed by atoms with Gasteiger partial charge in [0, 0.05) is 37.6 Å². The first-order valence-electron chi connectivity index (χ1n) is 8.06. The normalized spacial score (nSPS) is 11.1. The maximum atomic E-state index is 2.28. The largest absolute Gasteiger partial charge is 0.372 e. The fourth-order valence-electron chi connectivity index (χ4n) is 2.37. The molecule has 0 spiro atoms. The number of nitrogens with zero attached hydrogens (tertiary/aromatic N) is 2. The van der Waals surface area contributed by atoms with Gasteiger partial charge in [-0.15, -0.1) is 0 Å². The van der Waals surface area contributed by atoms with Crippen LogP contribution in [0.2, 0.25) is 0 Å². The third-order valence-corrected chi connectivity index (χ3v) is 4.43. The van der Waals surface area contributed by atoms with E-state index in [4.69, 9.17) is 0 Å². The number of anilines is 2. The summed E-state index contributed by atoms with van der Waals surface area (Å²) in [6.07, 6.45) is 0. The number of hydrogen-bond acceptors (Lipinski definition) is 2. The second-order valence-corrected chi connectivity index (χ2v) is 6.50. The van der Waals surface area contributed by atoms with Gasteiger partial charge in [-0.25, -0.2) is 0 Å². The molecule has 0 atom stereocenters. The van der Waals surface area contributed by atoms with Crippen molar-refractivity contribution in [1.82, 2.24) is 0 Å². The van der Waals surface area contributed by atoms with Gasteiger partial charge in [-0.1, -0.05) is 24.3 Å². The molecule has 2 aromatic rings. The zero-order valence-electron chi connectivity index (χ0n) is 14.7. The summed E-state index contributed by atoms with van der Waals surface area (Å²) in [4.78, 5) is 4.56. The molecule has 22 heavy (non-hydrogen) atoms. The molecule has 0 aromatic heterocycles. The lowest BCUT2D eigenvalue weighted by atomic mass is 10.0. The van der Waals surface area contributed by atoms with Crippen LogP contribution in [0.15, 0.2) is 48.5 Å². The van der Waals surface area contributed by atoms with E-state index in [9.17, 15) is 0 Å². The molecule has 0 heterocycles. The summed E-state index contributed by atoms with van der Waals surface area (Å²) >= 11 is 0. The summed E-state index contributed by atoms with van der Waals surface area (Å²) in [5.41, 5.74) is 5.05. The van der Waals surface area contributed by atoms with Crippen LogP contribution in [0.1, 0.15) is 27.7 Å². The Hall–Kier alpha value is -1.96. The van der Waals surface area contributed by atoms with Crippen LogP contribution in [0.3, 0.4) is 0 Å². The van der Waals surface area contributed by atoms with Crippen molar-refractivity contribution in [2.24, 2.45) is 0 Å². The number of hydrogen-bond donors (Lipinski definition) is 0. The Kier molecular flexibility index (Phi) is 5.12. The van der Waals surface area contributed by atoms with E-state index in [2.05, 4.69) is 100 Å². The van der Waals surface area contributed by atoms with Crippen LogP contribution < -0.4 is 9.80 Å². The van der Waals surface area contributed by atoms with Crippen molar-refractivity contribution >= 4 is 11.4 Å². The highest BCUT2D eigenvalue weighted by Crippen LogP contribution is 2.26. The molecule has 0 bridgehead atoms. The highest BCUT2D eigenvalue weighted by atomic mass is 15.1. The Morgan fingerprint density at radius 1 is 0.545 bits per heavy atom. The van der Waals surface area contributed by atoms with Gasteiger partial charge in [0.05, 0.1) is 0 Å². The van der Waals surface area contributed by atoms with Gasteiger partial charge >= 0.3 is 0 Å². The van der Waals surface area contributed by atoms with E-state index in [0.717, 1.165) is 0 Å². The van der Waals surface area contributed by atoms with Crippen molar-refractivity contribution in [3.05, 3.63) is 48.5 Å². The molecule has 0 radical (unpaired) electrons. The van der Waals surface area contributed by atoms with Crippen LogP contribution in [-0.4, -0.2) is 26.2 Å². The second-order valence-electron chi connectivity index (χ2n) is 6.50. The quantitative estimate of drug-likeness (QED) is 0.762. The molecule has 2 aromatic carbocycles. The van der Waals surface area contributed by atoms with Gasteiger partial charge in [0.2, 0.25) is 0 Å². The van der Waals surface area contributed by atoms with Gasteiger partial charge in [0.25, 0.3) is 0 Å². The third-order valence-electron chi connectivity index (χ3n) is 4.43. The lowest BCUT2D eigenvalue weighted by Crippen LogP contribution is -2.25. The first-order chi connectivity index (χ1) is 10.4. The Labute approximate surface area is 135 Å². The first kappa shape index (κ1) is 16.4. The number of rotatable bonds is 5. The van der Waals surface area contributed by atoms with Gasteiger partial charge in [0.15, 0.2) is 0 Å². The molecule has 0 amide bonds. The lowest BCUT2D eigenvalue weighted by Gasteiger charge is -2.24. The highest BCUT2D eigenvalue weighted by Gasteiger charge is 2.07. The SMILES string of the molecule is CC(C)N(C)c1ccc(-c2ccc(N(C)C(C)C)cc2)cc1. The average Bonchev–Trinajstić information content (AvgIpc) is 2.53. The highest BCUT2D eigenvalue weighted by molar-refractivity contribution is 5.68. The lowest BCUT2D eigenvalue weighted by molar-refractivity contribution is 0.754. The molecule has 0 unspecified atom stereocenters. The van der Waals surface area contributed by atoms with E-state index >= 15 is 0 Å². The maximum Gasteiger partial charge on any atom is 0.0366 e. The van der Waals surface area contributed by atoms with Gasteiger partial charge in [-0.05, 0) is 63.1 Å². The smallest absolute Gasteiger partial charge is 0.0366 e. The fourth-order valence-corrected chi connectivity index (χ4v) is 2.37. The standard InChI is InChI=1S/C20H28N2/c1-15(2)21(5)19-11-7-17(8-12-19)18-9-13-20(14-10-18)22(6)16(3)4/h7-16H,1-6H3. The van der Waals surface area contributed by atoms with Gasteiger partial charge < -0.3 is 9.80 Å². The van der Waals surface area contributed by atoms with E-state index in [-0.39, 0.29) is 0 Å². The Bertz CT molecular complexity index is 527. The monoisotopic (exact) mass is 296 g/mol. The molecule has 0 saturated heterocycles. The third kappa shape index (κ3) is 3.62. The molecule has 2 heteroatoms. The molecule has 0 fully saturated rings. The predicted octanol–water partition coefficient (Wildman–Crippen LogP) is 5.04. The fraction of sp³-hybridized carbons (Fsp3) is 0.400. The summed E-state index contributed by atoms with van der Waals surface area (Å²) in [5.74, 6) is 0. The summed E-state index contributed by atoms with van der Waals surface area (Å²) in [7, 11) is 4.27. The topological polar surface area (TPSA) is 6.48 Å². The first-order valence-corrected chi connectivity index (χ1v) is 8.06. The van der Waals surface area contributed by atoms with Crippen LogP contribution in [0.4, 0.5) is 11.4 Å².